The molecule has 0 aliphatic carbocycles. The number of aromatic nitrogens is 1. The summed E-state index contributed by atoms with van der Waals surface area (Å²) in [6.07, 6.45) is 1.50. The van der Waals surface area contributed by atoms with Crippen molar-refractivity contribution in [1.82, 2.24) is 9.29 Å². The maximum atomic E-state index is 13.7. The molecular formula is C28H23BrN6O4S2. The molecule has 208 valence electrons. The van der Waals surface area contributed by atoms with Gasteiger partial charge in [-0.1, -0.05) is 27.3 Å². The van der Waals surface area contributed by atoms with Crippen molar-refractivity contribution >= 4 is 64.8 Å². The largest absolute Gasteiger partial charge is 0.497 e. The van der Waals surface area contributed by atoms with Gasteiger partial charge in [0.1, 0.15) is 5.75 Å². The van der Waals surface area contributed by atoms with E-state index in [9.17, 15) is 13.2 Å². The van der Waals surface area contributed by atoms with Gasteiger partial charge in [-0.15, -0.1) is 0 Å². The summed E-state index contributed by atoms with van der Waals surface area (Å²) in [6, 6.07) is 22.0. The van der Waals surface area contributed by atoms with Gasteiger partial charge in [-0.3, -0.25) is 4.79 Å². The van der Waals surface area contributed by atoms with Crippen LogP contribution in [-0.2, 0) is 10.0 Å². The molecule has 0 aliphatic rings. The maximum absolute atomic E-state index is 13.7. The van der Waals surface area contributed by atoms with Gasteiger partial charge in [-0.05, 0) is 72.3 Å². The molecule has 0 saturated carbocycles. The van der Waals surface area contributed by atoms with Crippen molar-refractivity contribution in [3.63, 3.8) is 0 Å². The number of thiazole rings is 1. The summed E-state index contributed by atoms with van der Waals surface area (Å²) in [5.41, 5.74) is 1.61. The quantitative estimate of drug-likeness (QED) is 0.153. The lowest BCUT2D eigenvalue weighted by Gasteiger charge is -2.20. The van der Waals surface area contributed by atoms with Crippen LogP contribution in [0.3, 0.4) is 0 Å². The molecule has 0 unspecified atom stereocenters. The number of carbonyl (C=O) groups excluding carboxylic acids is 1. The molecule has 0 saturated heterocycles. The molecule has 10 nitrogen and oxygen atoms in total. The average molecular weight is 652 g/mol. The van der Waals surface area contributed by atoms with Crippen LogP contribution in [0.15, 0.2) is 81.2 Å². The van der Waals surface area contributed by atoms with Gasteiger partial charge in [0.2, 0.25) is 15.2 Å². The Labute approximate surface area is 249 Å². The molecule has 4 rings (SSSR count). The van der Waals surface area contributed by atoms with E-state index in [0.29, 0.717) is 16.4 Å². The van der Waals surface area contributed by atoms with E-state index in [4.69, 9.17) is 15.3 Å². The van der Waals surface area contributed by atoms with Gasteiger partial charge in [0, 0.05) is 36.0 Å². The number of hydrogen-bond donors (Lipinski definition) is 0. The number of amides is 1. The molecule has 0 bridgehead atoms. The molecule has 0 spiro atoms. The van der Waals surface area contributed by atoms with E-state index in [1.807, 2.05) is 30.3 Å². The second-order valence-corrected chi connectivity index (χ2v) is 12.4. The number of hydrogen-bond acceptors (Lipinski definition) is 9. The number of nitriles is 2. The highest BCUT2D eigenvalue weighted by Crippen LogP contribution is 2.32. The number of sulfonamides is 1. The third-order valence-electron chi connectivity index (χ3n) is 5.84. The Hall–Kier alpha value is -4.14. The number of carbonyl (C=O) groups is 1. The van der Waals surface area contributed by atoms with Crippen LogP contribution in [0.1, 0.15) is 28.8 Å². The van der Waals surface area contributed by atoms with Crippen LogP contribution in [-0.4, -0.2) is 50.0 Å². The van der Waals surface area contributed by atoms with Crippen LogP contribution in [0.4, 0.5) is 5.13 Å². The molecule has 0 N–H and O–H groups in total. The summed E-state index contributed by atoms with van der Waals surface area (Å²) >= 11 is 4.74. The Bertz CT molecular complexity index is 1740. The zero-order valence-electron chi connectivity index (χ0n) is 21.8. The number of anilines is 1. The van der Waals surface area contributed by atoms with E-state index < -0.39 is 15.9 Å². The van der Waals surface area contributed by atoms with Gasteiger partial charge in [-0.2, -0.15) is 24.9 Å². The highest BCUT2D eigenvalue weighted by molar-refractivity contribution is 9.10. The molecule has 0 aliphatic heterocycles. The lowest BCUT2D eigenvalue weighted by molar-refractivity contribution is 0.0987. The fourth-order valence-electron chi connectivity index (χ4n) is 3.72. The van der Waals surface area contributed by atoms with E-state index >= 15 is 0 Å². The average Bonchev–Trinajstić information content (AvgIpc) is 3.40. The molecular weight excluding hydrogens is 628 g/mol. The van der Waals surface area contributed by atoms with Crippen LogP contribution in [0.25, 0.3) is 10.2 Å². The van der Waals surface area contributed by atoms with Crippen molar-refractivity contribution in [3.8, 4) is 17.9 Å². The highest BCUT2D eigenvalue weighted by atomic mass is 79.9. The minimum absolute atomic E-state index is 0.0128. The Morgan fingerprint density at radius 1 is 1.05 bits per heavy atom. The Kier molecular flexibility index (Phi) is 9.81. The minimum atomic E-state index is -3.98. The van der Waals surface area contributed by atoms with Gasteiger partial charge in [0.05, 0.1) is 40.6 Å². The molecule has 13 heteroatoms. The monoisotopic (exact) mass is 650 g/mol. The molecule has 1 aromatic heterocycles. The van der Waals surface area contributed by atoms with E-state index in [-0.39, 0.29) is 36.4 Å². The number of benzene rings is 3. The molecule has 1 heterocycles. The molecule has 1 amide bonds. The Morgan fingerprint density at radius 3 is 2.32 bits per heavy atom. The van der Waals surface area contributed by atoms with Crippen LogP contribution >= 0.6 is 27.3 Å². The number of nitrogens with zero attached hydrogens (tertiary/aromatic N) is 6. The zero-order valence-corrected chi connectivity index (χ0v) is 25.0. The third-order valence-corrected chi connectivity index (χ3v) is 9.24. The number of methoxy groups -OCH3 is 1. The summed E-state index contributed by atoms with van der Waals surface area (Å²) in [4.78, 5) is 18.2. The van der Waals surface area contributed by atoms with E-state index in [1.54, 1.807) is 31.4 Å². The summed E-state index contributed by atoms with van der Waals surface area (Å²) in [7, 11) is -2.41. The number of rotatable bonds is 11. The standard InChI is InChI=1S/C28H23BrN6O4S2/c1-39-23-9-4-20(5-10-23)19-32-35(28-33-25-13-8-22(29)18-26(25)40-28)27(36)21-6-11-24(12-7-21)41(37,38)34(16-2-14-30)17-3-15-31/h4-13,18-19H,2-3,16-17H2,1H3/b32-19+. The van der Waals surface area contributed by atoms with Crippen LogP contribution in [0.5, 0.6) is 5.75 Å². The van der Waals surface area contributed by atoms with Gasteiger partial charge >= 0.3 is 0 Å². The molecule has 0 atom stereocenters. The zero-order chi connectivity index (χ0) is 29.4. The van der Waals surface area contributed by atoms with Gasteiger partial charge in [-0.25, -0.2) is 13.4 Å². The second kappa shape index (κ2) is 13.5. The van der Waals surface area contributed by atoms with E-state index in [2.05, 4.69) is 26.0 Å². The first kappa shape index (κ1) is 29.8. The van der Waals surface area contributed by atoms with Crippen molar-refractivity contribution in [2.45, 2.75) is 17.7 Å². The van der Waals surface area contributed by atoms with Crippen molar-refractivity contribution < 1.29 is 17.9 Å². The predicted octanol–water partition coefficient (Wildman–Crippen LogP) is 5.57. The van der Waals surface area contributed by atoms with Crippen molar-refractivity contribution in [2.24, 2.45) is 5.10 Å². The molecule has 3 aromatic carbocycles. The lowest BCUT2D eigenvalue weighted by Crippen LogP contribution is -2.33. The van der Waals surface area contributed by atoms with Crippen LogP contribution in [0.2, 0.25) is 0 Å². The first-order valence-corrected chi connectivity index (χ1v) is 15.2. The number of halogens is 1. The second-order valence-electron chi connectivity index (χ2n) is 8.49. The van der Waals surface area contributed by atoms with Crippen molar-refractivity contribution in [3.05, 3.63) is 82.3 Å². The number of fused-ring (bicyclic) bond motifs is 1. The summed E-state index contributed by atoms with van der Waals surface area (Å²) in [5, 5.41) is 23.8. The van der Waals surface area contributed by atoms with Gasteiger partial charge < -0.3 is 4.74 Å². The third kappa shape index (κ3) is 7.14. The lowest BCUT2D eigenvalue weighted by atomic mass is 10.2. The summed E-state index contributed by atoms with van der Waals surface area (Å²) < 4.78 is 34.4. The SMILES string of the molecule is COc1ccc(/C=N/N(C(=O)c2ccc(S(=O)(=O)N(CCC#N)CCC#N)cc2)c2nc3ccc(Br)cc3s2)cc1. The molecule has 0 radical (unpaired) electrons. The fourth-order valence-corrected chi connectivity index (χ4v) is 6.64. The normalized spacial score (nSPS) is 11.4. The van der Waals surface area contributed by atoms with Gasteiger partial charge in [0.15, 0.2) is 0 Å². The highest BCUT2D eigenvalue weighted by Gasteiger charge is 2.26. The number of ether oxygens (including phenoxy) is 1. The van der Waals surface area contributed by atoms with Crippen molar-refractivity contribution in [2.75, 3.05) is 25.2 Å². The summed E-state index contributed by atoms with van der Waals surface area (Å²) in [5.74, 6) is 0.170. The smallest absolute Gasteiger partial charge is 0.280 e. The Morgan fingerprint density at radius 2 is 1.71 bits per heavy atom. The molecule has 41 heavy (non-hydrogen) atoms. The van der Waals surface area contributed by atoms with Gasteiger partial charge in [0.25, 0.3) is 5.91 Å². The first-order chi connectivity index (χ1) is 19.8. The Balaban J connectivity index is 1.67. The fraction of sp³-hybridized carbons (Fsp3) is 0.179. The van der Waals surface area contributed by atoms with E-state index in [1.165, 1.54) is 46.8 Å². The maximum Gasteiger partial charge on any atom is 0.280 e. The van der Waals surface area contributed by atoms with Crippen LogP contribution < -0.4 is 9.75 Å². The minimum Gasteiger partial charge on any atom is -0.497 e. The van der Waals surface area contributed by atoms with E-state index in [0.717, 1.165) is 19.0 Å². The summed E-state index contributed by atoms with van der Waals surface area (Å²) in [6.45, 7) is -0.0778. The van der Waals surface area contributed by atoms with Crippen molar-refractivity contribution in [1.29, 1.82) is 10.5 Å². The topological polar surface area (TPSA) is 140 Å². The van der Waals surface area contributed by atoms with Crippen LogP contribution in [0, 0.1) is 22.7 Å². The molecule has 0 fully saturated rings. The number of hydrazone groups is 1. The first-order valence-electron chi connectivity index (χ1n) is 12.2. The predicted molar refractivity (Wildman–Crippen MR) is 160 cm³/mol. The molecule has 4 aromatic rings.